The fraction of sp³-hybridized carbons (Fsp3) is 0.556. The van der Waals surface area contributed by atoms with E-state index < -0.39 is 11.8 Å². The minimum absolute atomic E-state index is 0. The van der Waals surface area contributed by atoms with Crippen molar-refractivity contribution in [1.82, 2.24) is 5.32 Å². The van der Waals surface area contributed by atoms with Crippen molar-refractivity contribution in [2.24, 2.45) is 0 Å². The molecule has 0 bridgehead atoms. The summed E-state index contributed by atoms with van der Waals surface area (Å²) in [6, 6.07) is 11.0. The molecular weight excluding hydrogens is 469 g/mol. The number of halogens is 6. The Morgan fingerprint density at radius 2 is 1.68 bits per heavy atom. The van der Waals surface area contributed by atoms with Crippen molar-refractivity contribution in [3.8, 4) is 0 Å². The van der Waals surface area contributed by atoms with Gasteiger partial charge in [-0.1, -0.05) is 56.0 Å². The van der Waals surface area contributed by atoms with Gasteiger partial charge < -0.3 is 5.32 Å². The number of nitrogens with one attached hydrogen (secondary N) is 1. The van der Waals surface area contributed by atoms with Gasteiger partial charge in [0.2, 0.25) is 5.67 Å². The number of piperidine rings is 1. The van der Waals surface area contributed by atoms with Gasteiger partial charge in [-0.25, -0.2) is 8.78 Å². The number of hydrogen-bond donors (Lipinski definition) is 1. The highest BCUT2D eigenvalue weighted by molar-refractivity contribution is 5.85. The molecule has 0 aromatic heterocycles. The quantitative estimate of drug-likeness (QED) is 0.424. The molecule has 3 unspecified atom stereocenters. The topological polar surface area (TPSA) is 12.0 Å². The number of benzene rings is 2. The molecule has 3 aliphatic rings. The van der Waals surface area contributed by atoms with E-state index in [1.165, 1.54) is 49.9 Å². The Morgan fingerprint density at radius 1 is 0.971 bits per heavy atom. The Kier molecular flexibility index (Phi) is 8.34. The van der Waals surface area contributed by atoms with Crippen LogP contribution in [0.4, 0.5) is 22.0 Å². The van der Waals surface area contributed by atoms with Gasteiger partial charge in [0.1, 0.15) is 5.82 Å². The number of alkyl halides is 4. The van der Waals surface area contributed by atoms with Gasteiger partial charge in [-0.2, -0.15) is 13.2 Å². The van der Waals surface area contributed by atoms with Gasteiger partial charge in [0.25, 0.3) is 0 Å². The first kappa shape index (κ1) is 26.9. The summed E-state index contributed by atoms with van der Waals surface area (Å²) in [4.78, 5) is 0. The molecule has 1 aliphatic heterocycles. The molecule has 5 rings (SSSR count). The molecule has 0 radical (unpaired) electrons. The second-order valence-corrected chi connectivity index (χ2v) is 9.90. The van der Waals surface area contributed by atoms with Crippen LogP contribution in [0.2, 0.25) is 0 Å². The van der Waals surface area contributed by atoms with Crippen LogP contribution >= 0.6 is 12.4 Å². The highest BCUT2D eigenvalue weighted by atomic mass is 35.5. The predicted octanol–water partition coefficient (Wildman–Crippen LogP) is 7.73. The van der Waals surface area contributed by atoms with Crippen molar-refractivity contribution < 1.29 is 22.0 Å². The van der Waals surface area contributed by atoms with E-state index in [0.29, 0.717) is 19.8 Å². The molecule has 2 aromatic rings. The lowest BCUT2D eigenvalue weighted by atomic mass is 9.60. The Bertz CT molecular complexity index is 966. The first-order valence-corrected chi connectivity index (χ1v) is 12.0. The third-order valence-electron chi connectivity index (χ3n) is 7.68. The van der Waals surface area contributed by atoms with Crippen LogP contribution in [0.5, 0.6) is 0 Å². The molecule has 1 N–H and O–H groups in total. The minimum Gasteiger partial charge on any atom is -0.313 e. The van der Waals surface area contributed by atoms with Crippen molar-refractivity contribution in [1.29, 1.82) is 0 Å². The lowest BCUT2D eigenvalue weighted by Crippen LogP contribution is -2.56. The molecule has 2 aromatic carbocycles. The summed E-state index contributed by atoms with van der Waals surface area (Å²) in [5.41, 5.74) is -1.48. The summed E-state index contributed by atoms with van der Waals surface area (Å²) < 4.78 is 67.9. The maximum Gasteiger partial charge on any atom is 0.426 e. The molecule has 1 saturated carbocycles. The summed E-state index contributed by atoms with van der Waals surface area (Å²) in [6.07, 6.45) is 4.78. The summed E-state index contributed by atoms with van der Waals surface area (Å²) in [7, 11) is 0. The van der Waals surface area contributed by atoms with Gasteiger partial charge in [0.15, 0.2) is 0 Å². The van der Waals surface area contributed by atoms with Crippen LogP contribution in [0.1, 0.15) is 74.1 Å². The molecule has 3 atom stereocenters. The highest BCUT2D eigenvalue weighted by Gasteiger charge is 2.54. The van der Waals surface area contributed by atoms with Crippen molar-refractivity contribution in [2.75, 3.05) is 6.54 Å². The Hall–Kier alpha value is -1.66. The normalized spacial score (nSPS) is 25.3. The molecule has 188 valence electrons. The van der Waals surface area contributed by atoms with E-state index in [4.69, 9.17) is 0 Å². The zero-order valence-electron chi connectivity index (χ0n) is 19.5. The monoisotopic (exact) mass is 501 g/mol. The Balaban J connectivity index is 0.000000588. The van der Waals surface area contributed by atoms with Crippen LogP contribution in [-0.2, 0) is 23.9 Å². The van der Waals surface area contributed by atoms with Crippen molar-refractivity contribution in [3.05, 3.63) is 70.5 Å². The van der Waals surface area contributed by atoms with E-state index in [-0.39, 0.29) is 35.2 Å². The number of aryl methyl sites for hydroxylation is 1. The Morgan fingerprint density at radius 3 is 2.29 bits per heavy atom. The zero-order valence-corrected chi connectivity index (χ0v) is 20.3. The van der Waals surface area contributed by atoms with E-state index in [9.17, 15) is 22.0 Å². The number of fused-ring (bicyclic) bond motifs is 3. The molecule has 1 saturated heterocycles. The van der Waals surface area contributed by atoms with Crippen molar-refractivity contribution >= 4 is 12.4 Å². The number of rotatable bonds is 3. The smallest absolute Gasteiger partial charge is 0.313 e. The Labute approximate surface area is 204 Å². The molecule has 1 heterocycles. The molecule has 2 aliphatic carbocycles. The van der Waals surface area contributed by atoms with Gasteiger partial charge in [0.05, 0.1) is 0 Å². The first-order chi connectivity index (χ1) is 15.6. The van der Waals surface area contributed by atoms with Gasteiger partial charge in [-0.3, -0.25) is 0 Å². The molecule has 7 heteroatoms. The van der Waals surface area contributed by atoms with E-state index >= 15 is 0 Å². The number of hydrogen-bond acceptors (Lipinski definition) is 1. The van der Waals surface area contributed by atoms with Crippen LogP contribution < -0.4 is 5.32 Å². The SMILES string of the molecule is C1CCC1.CC(F)(c1ccc2c(c1)CCC1NCCCC21Cc1cccc(F)c1)C(F)(F)F.Cl. The van der Waals surface area contributed by atoms with Crippen LogP contribution in [0.3, 0.4) is 0 Å². The maximum atomic E-state index is 14.5. The lowest BCUT2D eigenvalue weighted by molar-refractivity contribution is -0.228. The van der Waals surface area contributed by atoms with Crippen LogP contribution in [-0.4, -0.2) is 18.8 Å². The third kappa shape index (κ3) is 5.28. The molecular formula is C27H33ClF5N. The summed E-state index contributed by atoms with van der Waals surface area (Å²) in [5.74, 6) is -0.302. The van der Waals surface area contributed by atoms with Crippen molar-refractivity contribution in [3.63, 3.8) is 0 Å². The highest BCUT2D eigenvalue weighted by Crippen LogP contribution is 2.48. The lowest BCUT2D eigenvalue weighted by Gasteiger charge is -2.49. The van der Waals surface area contributed by atoms with E-state index in [2.05, 4.69) is 5.32 Å². The molecule has 34 heavy (non-hydrogen) atoms. The fourth-order valence-corrected chi connectivity index (χ4v) is 5.36. The average molecular weight is 502 g/mol. The molecule has 0 spiro atoms. The predicted molar refractivity (Wildman–Crippen MR) is 128 cm³/mol. The molecule has 2 fully saturated rings. The van der Waals surface area contributed by atoms with Crippen LogP contribution in [0.15, 0.2) is 42.5 Å². The molecule has 1 nitrogen and oxygen atoms in total. The largest absolute Gasteiger partial charge is 0.426 e. The summed E-state index contributed by atoms with van der Waals surface area (Å²) in [5, 5.41) is 3.56. The van der Waals surface area contributed by atoms with Crippen LogP contribution in [0.25, 0.3) is 0 Å². The van der Waals surface area contributed by atoms with Gasteiger partial charge >= 0.3 is 6.18 Å². The minimum atomic E-state index is -4.97. The van der Waals surface area contributed by atoms with Gasteiger partial charge in [0, 0.05) is 11.5 Å². The van der Waals surface area contributed by atoms with Crippen LogP contribution in [0, 0.1) is 5.82 Å². The average Bonchev–Trinajstić information content (AvgIpc) is 2.71. The van der Waals surface area contributed by atoms with Crippen molar-refractivity contribution in [2.45, 2.75) is 88.0 Å². The van der Waals surface area contributed by atoms with E-state index in [0.717, 1.165) is 42.5 Å². The van der Waals surface area contributed by atoms with E-state index in [1.807, 2.05) is 6.07 Å². The second kappa shape index (κ2) is 10.5. The first-order valence-electron chi connectivity index (χ1n) is 12.0. The maximum absolute atomic E-state index is 14.5. The summed E-state index contributed by atoms with van der Waals surface area (Å²) >= 11 is 0. The van der Waals surface area contributed by atoms with E-state index in [1.54, 1.807) is 12.1 Å². The summed E-state index contributed by atoms with van der Waals surface area (Å²) in [6.45, 7) is 1.46. The fourth-order valence-electron chi connectivity index (χ4n) is 5.36. The standard InChI is InChI=1S/C23H24F5N.C4H8.ClH/c1-21(25,23(26,27)28)17-7-8-19-16(13-17)6-9-20-22(19,10-3-11-29-20)14-15-4-2-5-18(24)12-15;1-2-4-3-1;/h2,4-5,7-8,12-13,20,29H,3,6,9-11,14H2,1H3;1-4H2;1H. The second-order valence-electron chi connectivity index (χ2n) is 9.90. The third-order valence-corrected chi connectivity index (χ3v) is 7.68. The van der Waals surface area contributed by atoms with Gasteiger partial charge in [-0.15, -0.1) is 12.4 Å². The zero-order chi connectivity index (χ0) is 23.7. The molecule has 0 amide bonds. The van der Waals surface area contributed by atoms with Gasteiger partial charge in [-0.05, 0) is 80.0 Å².